The summed E-state index contributed by atoms with van der Waals surface area (Å²) in [6, 6.07) is 9.46. The van der Waals surface area contributed by atoms with Gasteiger partial charge in [-0.2, -0.15) is 4.98 Å². The molecule has 1 aromatic carbocycles. The highest BCUT2D eigenvalue weighted by atomic mass is 16.5. The summed E-state index contributed by atoms with van der Waals surface area (Å²) in [5.74, 6) is 1.81. The quantitative estimate of drug-likeness (QED) is 0.846. The normalized spacial score (nSPS) is 24.6. The van der Waals surface area contributed by atoms with Gasteiger partial charge in [0.25, 0.3) is 5.91 Å². The Morgan fingerprint density at radius 2 is 2.00 bits per heavy atom. The second-order valence-electron chi connectivity index (χ2n) is 7.60. The molecule has 6 heteroatoms. The van der Waals surface area contributed by atoms with Crippen LogP contribution in [0.3, 0.4) is 0 Å². The number of likely N-dealkylation sites (tertiary alicyclic amines) is 1. The molecule has 4 rings (SSSR count). The first-order valence-corrected chi connectivity index (χ1v) is 9.42. The molecule has 2 aliphatic heterocycles. The van der Waals surface area contributed by atoms with Crippen LogP contribution in [0.4, 0.5) is 0 Å². The number of ether oxygens (including phenoxy) is 1. The van der Waals surface area contributed by atoms with E-state index >= 15 is 0 Å². The predicted molar refractivity (Wildman–Crippen MR) is 96.0 cm³/mol. The lowest BCUT2D eigenvalue weighted by atomic mass is 9.81. The Labute approximate surface area is 153 Å². The number of piperidine rings is 1. The first kappa shape index (κ1) is 17.2. The van der Waals surface area contributed by atoms with E-state index in [1.807, 2.05) is 35.2 Å². The zero-order chi connectivity index (χ0) is 18.0. The van der Waals surface area contributed by atoms with Crippen molar-refractivity contribution in [1.29, 1.82) is 0 Å². The zero-order valence-corrected chi connectivity index (χ0v) is 15.2. The number of aromatic nitrogens is 2. The summed E-state index contributed by atoms with van der Waals surface area (Å²) in [6.07, 6.45) is 3.75. The van der Waals surface area contributed by atoms with Gasteiger partial charge in [0.1, 0.15) is 0 Å². The second-order valence-corrected chi connectivity index (χ2v) is 7.60. The molecule has 0 bridgehead atoms. The Morgan fingerprint density at radius 3 is 2.77 bits per heavy atom. The van der Waals surface area contributed by atoms with E-state index in [1.54, 1.807) is 0 Å². The van der Waals surface area contributed by atoms with Crippen molar-refractivity contribution in [2.45, 2.75) is 43.9 Å². The van der Waals surface area contributed by atoms with Gasteiger partial charge in [-0.15, -0.1) is 0 Å². The summed E-state index contributed by atoms with van der Waals surface area (Å²) in [5.41, 5.74) is 0.461. The molecule has 2 aliphatic rings. The smallest absolute Gasteiger partial charge is 0.253 e. The Hall–Kier alpha value is -2.21. The number of rotatable bonds is 3. The van der Waals surface area contributed by atoms with Crippen molar-refractivity contribution in [3.8, 4) is 0 Å². The Kier molecular flexibility index (Phi) is 4.76. The standard InChI is InChI=1S/C20H25N3O3/c1-20(19-21-17(26-22-19)15-8-12-25-13-9-15)10-5-11-23(14-20)18(24)16-6-3-2-4-7-16/h2-4,6-7,15H,5,8-14H2,1H3. The summed E-state index contributed by atoms with van der Waals surface area (Å²) >= 11 is 0. The van der Waals surface area contributed by atoms with Crippen LogP contribution >= 0.6 is 0 Å². The number of nitrogens with zero attached hydrogens (tertiary/aromatic N) is 3. The molecule has 6 nitrogen and oxygen atoms in total. The zero-order valence-electron chi connectivity index (χ0n) is 15.2. The molecule has 0 radical (unpaired) electrons. The fourth-order valence-electron chi connectivity index (χ4n) is 3.95. The van der Waals surface area contributed by atoms with Gasteiger partial charge in [0.05, 0.1) is 0 Å². The summed E-state index contributed by atoms with van der Waals surface area (Å²) in [5, 5.41) is 4.29. The maximum atomic E-state index is 12.8. The molecule has 2 fully saturated rings. The molecule has 0 aliphatic carbocycles. The molecule has 0 N–H and O–H groups in total. The van der Waals surface area contributed by atoms with Crippen molar-refractivity contribution in [3.63, 3.8) is 0 Å². The molecule has 2 aromatic rings. The lowest BCUT2D eigenvalue weighted by molar-refractivity contribution is 0.0642. The molecule has 1 amide bonds. The first-order valence-electron chi connectivity index (χ1n) is 9.42. The maximum Gasteiger partial charge on any atom is 0.253 e. The van der Waals surface area contributed by atoms with Crippen LogP contribution in [-0.2, 0) is 10.2 Å². The van der Waals surface area contributed by atoms with Gasteiger partial charge in [0.15, 0.2) is 5.82 Å². The molecule has 0 saturated carbocycles. The Balaban J connectivity index is 1.50. The van der Waals surface area contributed by atoms with Gasteiger partial charge < -0.3 is 14.2 Å². The van der Waals surface area contributed by atoms with Gasteiger partial charge in [-0.05, 0) is 37.8 Å². The lowest BCUT2D eigenvalue weighted by Gasteiger charge is -2.38. The molecule has 1 atom stereocenters. The molecule has 2 saturated heterocycles. The molecule has 138 valence electrons. The van der Waals surface area contributed by atoms with Crippen LogP contribution in [0.5, 0.6) is 0 Å². The van der Waals surface area contributed by atoms with Crippen molar-refractivity contribution in [3.05, 3.63) is 47.6 Å². The highest BCUT2D eigenvalue weighted by Crippen LogP contribution is 2.34. The molecule has 0 spiro atoms. The number of carbonyl (C=O) groups is 1. The van der Waals surface area contributed by atoms with Gasteiger partial charge >= 0.3 is 0 Å². The predicted octanol–water partition coefficient (Wildman–Crippen LogP) is 3.16. The second kappa shape index (κ2) is 7.19. The van der Waals surface area contributed by atoms with Crippen LogP contribution in [0.2, 0.25) is 0 Å². The summed E-state index contributed by atoms with van der Waals surface area (Å²) < 4.78 is 11.0. The van der Waals surface area contributed by atoms with Crippen molar-refractivity contribution in [2.24, 2.45) is 0 Å². The number of hydrogen-bond acceptors (Lipinski definition) is 5. The van der Waals surface area contributed by atoms with Gasteiger partial charge in [-0.1, -0.05) is 30.3 Å². The lowest BCUT2D eigenvalue weighted by Crippen LogP contribution is -2.47. The topological polar surface area (TPSA) is 68.5 Å². The molecular formula is C20H25N3O3. The van der Waals surface area contributed by atoms with Crippen LogP contribution in [0.25, 0.3) is 0 Å². The molecule has 1 aromatic heterocycles. The average molecular weight is 355 g/mol. The van der Waals surface area contributed by atoms with Crippen LogP contribution < -0.4 is 0 Å². The minimum atomic E-state index is -0.268. The third kappa shape index (κ3) is 3.38. The monoisotopic (exact) mass is 355 g/mol. The van der Waals surface area contributed by atoms with E-state index < -0.39 is 0 Å². The van der Waals surface area contributed by atoms with Crippen LogP contribution in [-0.4, -0.2) is 47.3 Å². The SMILES string of the molecule is CC1(c2noc(C3CCOCC3)n2)CCCN(C(=O)c2ccccc2)C1. The van der Waals surface area contributed by atoms with Gasteiger partial charge in [0.2, 0.25) is 5.89 Å². The average Bonchev–Trinajstić information content (AvgIpc) is 3.20. The third-order valence-corrected chi connectivity index (χ3v) is 5.56. The highest BCUT2D eigenvalue weighted by molar-refractivity contribution is 5.94. The Morgan fingerprint density at radius 1 is 1.23 bits per heavy atom. The van der Waals surface area contributed by atoms with Crippen molar-refractivity contribution in [1.82, 2.24) is 15.0 Å². The maximum absolute atomic E-state index is 12.8. The van der Waals surface area contributed by atoms with E-state index in [0.717, 1.165) is 62.7 Å². The first-order chi connectivity index (χ1) is 12.7. The van der Waals surface area contributed by atoms with E-state index in [9.17, 15) is 4.79 Å². The van der Waals surface area contributed by atoms with Gasteiger partial charge in [-0.25, -0.2) is 0 Å². The summed E-state index contributed by atoms with van der Waals surface area (Å²) in [7, 11) is 0. The molecular weight excluding hydrogens is 330 g/mol. The minimum absolute atomic E-state index is 0.0738. The van der Waals surface area contributed by atoms with E-state index in [-0.39, 0.29) is 11.3 Å². The van der Waals surface area contributed by atoms with Gasteiger partial charge in [0, 0.05) is 43.2 Å². The van der Waals surface area contributed by atoms with Crippen LogP contribution in [0.15, 0.2) is 34.9 Å². The third-order valence-electron chi connectivity index (χ3n) is 5.56. The van der Waals surface area contributed by atoms with Crippen LogP contribution in [0.1, 0.15) is 60.6 Å². The Bertz CT molecular complexity index is 755. The summed E-state index contributed by atoms with van der Waals surface area (Å²) in [4.78, 5) is 19.5. The minimum Gasteiger partial charge on any atom is -0.381 e. The van der Waals surface area contributed by atoms with Crippen molar-refractivity contribution < 1.29 is 14.1 Å². The number of benzene rings is 1. The number of hydrogen-bond donors (Lipinski definition) is 0. The fourth-order valence-corrected chi connectivity index (χ4v) is 3.95. The molecule has 3 heterocycles. The number of amides is 1. The molecule has 1 unspecified atom stereocenters. The summed E-state index contributed by atoms with van der Waals surface area (Å²) in [6.45, 7) is 5.02. The van der Waals surface area contributed by atoms with Gasteiger partial charge in [-0.3, -0.25) is 4.79 Å². The van der Waals surface area contributed by atoms with E-state index in [0.29, 0.717) is 12.5 Å². The van der Waals surface area contributed by atoms with Crippen molar-refractivity contribution >= 4 is 5.91 Å². The number of carbonyl (C=O) groups excluding carboxylic acids is 1. The van der Waals surface area contributed by atoms with Crippen LogP contribution in [0, 0.1) is 0 Å². The molecule has 26 heavy (non-hydrogen) atoms. The van der Waals surface area contributed by atoms with E-state index in [2.05, 4.69) is 12.1 Å². The van der Waals surface area contributed by atoms with Crippen molar-refractivity contribution in [2.75, 3.05) is 26.3 Å². The van der Waals surface area contributed by atoms with E-state index in [1.165, 1.54) is 0 Å². The highest BCUT2D eigenvalue weighted by Gasteiger charge is 2.39. The van der Waals surface area contributed by atoms with E-state index in [4.69, 9.17) is 14.2 Å². The fraction of sp³-hybridized carbons (Fsp3) is 0.550. The largest absolute Gasteiger partial charge is 0.381 e.